The fourth-order valence-electron chi connectivity index (χ4n) is 8.27. The average molecular weight is 995 g/mol. The van der Waals surface area contributed by atoms with Gasteiger partial charge in [0.05, 0.1) is 11.0 Å². The Morgan fingerprint density at radius 3 is 1.37 bits per heavy atom. The first-order chi connectivity index (χ1) is 29.1. The third kappa shape index (κ3) is 8.25. The van der Waals surface area contributed by atoms with Crippen molar-refractivity contribution in [3.8, 4) is 5.69 Å². The Hall–Kier alpha value is -5.85. The van der Waals surface area contributed by atoms with Crippen LogP contribution in [0, 0.1) is 6.67 Å². The zero-order valence-corrected chi connectivity index (χ0v) is 39.4. The van der Waals surface area contributed by atoms with E-state index in [0.29, 0.717) is 0 Å². The van der Waals surface area contributed by atoms with Crippen LogP contribution in [-0.4, -0.2) is 10.4 Å². The Kier molecular flexibility index (Phi) is 11.4. The molecule has 0 bridgehead atoms. The molecule has 1 aliphatic rings. The fourth-order valence-corrected chi connectivity index (χ4v) is 8.27. The molecule has 3 heterocycles. The van der Waals surface area contributed by atoms with Gasteiger partial charge in [0.1, 0.15) is 5.84 Å². The van der Waals surface area contributed by atoms with Crippen molar-refractivity contribution in [1.82, 2.24) is 9.55 Å². The summed E-state index contributed by atoms with van der Waals surface area (Å²) in [4.78, 5) is 6.78. The number of nitrogens with zero attached hydrogens (tertiary/aromatic N) is 5. The van der Waals surface area contributed by atoms with Crippen LogP contribution in [0.2, 0.25) is 0 Å². The molecule has 5 nitrogen and oxygen atoms in total. The summed E-state index contributed by atoms with van der Waals surface area (Å²) < 4.78 is 2.40. The summed E-state index contributed by atoms with van der Waals surface area (Å²) in [5.74, 6) is 0.904. The molecule has 317 valence electrons. The molecule has 0 aliphatic carbocycles. The van der Waals surface area contributed by atoms with E-state index in [1.54, 1.807) is 0 Å². The molecule has 0 spiro atoms. The summed E-state index contributed by atoms with van der Waals surface area (Å²) in [5.41, 5.74) is 12.7. The molecular weight excluding hydrogens is 940 g/mol. The molecular formula is C56H55AuN5-2. The molecule has 0 unspecified atom stereocenters. The van der Waals surface area contributed by atoms with Gasteiger partial charge in [-0.1, -0.05) is 184 Å². The number of aromatic nitrogens is 2. The molecule has 1 radical (unpaired) electrons. The van der Waals surface area contributed by atoms with Crippen LogP contribution in [0.1, 0.15) is 84.6 Å². The van der Waals surface area contributed by atoms with Crippen molar-refractivity contribution >= 4 is 60.8 Å². The standard InChI is InChI=1S/C44H47N4.C12H8N.Au/c1-42(2,3)31-23-32(43(4,5)6)25-34(24-31)46-29-47(45-41(46)30-17-11-10-12-18-30)35-26-33(44(7,8)9)27-36(28-35)48-39-21-15-13-19-37(39)38-20-14-16-22-40(38)48;1-3-7-11-9(5-1)10-6-2-4-8-12(10)13-11;/h10-29H,1-9H3;1-8H;/q2*-1;. The van der Waals surface area contributed by atoms with Crippen LogP contribution in [-0.2, 0) is 38.6 Å². The predicted octanol–water partition coefficient (Wildman–Crippen LogP) is 14.4. The Morgan fingerprint density at radius 2 is 0.855 bits per heavy atom. The minimum Gasteiger partial charge on any atom is -0.657 e. The van der Waals surface area contributed by atoms with Gasteiger partial charge in [-0.15, -0.1) is 17.7 Å². The van der Waals surface area contributed by atoms with Crippen LogP contribution in [0.5, 0.6) is 0 Å². The van der Waals surface area contributed by atoms with Gasteiger partial charge in [-0.2, -0.15) is 5.10 Å². The number of rotatable bonds is 4. The van der Waals surface area contributed by atoms with E-state index in [1.165, 1.54) is 49.3 Å². The van der Waals surface area contributed by atoms with Gasteiger partial charge in [-0.3, -0.25) is 0 Å². The smallest absolute Gasteiger partial charge is 0.129 e. The van der Waals surface area contributed by atoms with Gasteiger partial charge < -0.3 is 19.5 Å². The molecule has 10 rings (SSSR count). The van der Waals surface area contributed by atoms with E-state index in [-0.39, 0.29) is 38.6 Å². The largest absolute Gasteiger partial charge is 0.657 e. The number of amidine groups is 1. The molecule has 0 N–H and O–H groups in total. The zero-order valence-electron chi connectivity index (χ0n) is 37.2. The van der Waals surface area contributed by atoms with E-state index in [1.807, 2.05) is 12.1 Å². The summed E-state index contributed by atoms with van der Waals surface area (Å²) in [6.07, 6.45) is 0. The number of hydrogen-bond acceptors (Lipinski definition) is 3. The van der Waals surface area contributed by atoms with E-state index in [4.69, 9.17) is 5.10 Å². The monoisotopic (exact) mass is 994 g/mol. The predicted molar refractivity (Wildman–Crippen MR) is 260 cm³/mol. The number of hydrazone groups is 1. The molecule has 1 aliphatic heterocycles. The van der Waals surface area contributed by atoms with Gasteiger partial charge in [-0.05, 0) is 86.2 Å². The molecule has 62 heavy (non-hydrogen) atoms. The normalized spacial score (nSPS) is 13.4. The Balaban J connectivity index is 0.000000319. The number of fused-ring (bicyclic) bond motifs is 6. The summed E-state index contributed by atoms with van der Waals surface area (Å²) >= 11 is 0. The minimum atomic E-state index is -0.0719. The second kappa shape index (κ2) is 16.4. The van der Waals surface area contributed by atoms with Crippen molar-refractivity contribution in [3.05, 3.63) is 193 Å². The number of benzene rings is 7. The van der Waals surface area contributed by atoms with Crippen LogP contribution in [0.15, 0.2) is 169 Å². The molecule has 0 saturated heterocycles. The van der Waals surface area contributed by atoms with E-state index in [2.05, 4.69) is 240 Å². The van der Waals surface area contributed by atoms with E-state index < -0.39 is 0 Å². The van der Waals surface area contributed by atoms with E-state index in [0.717, 1.165) is 39.5 Å². The molecule has 0 fully saturated rings. The molecule has 6 heteroatoms. The van der Waals surface area contributed by atoms with Crippen molar-refractivity contribution < 1.29 is 22.4 Å². The summed E-state index contributed by atoms with van der Waals surface area (Å²) in [6.45, 7) is 22.8. The van der Waals surface area contributed by atoms with Crippen LogP contribution >= 0.6 is 0 Å². The van der Waals surface area contributed by atoms with E-state index in [9.17, 15) is 0 Å². The first-order valence-electron chi connectivity index (χ1n) is 21.4. The first kappa shape index (κ1) is 42.8. The van der Waals surface area contributed by atoms with Gasteiger partial charge in [0.25, 0.3) is 0 Å². The van der Waals surface area contributed by atoms with Gasteiger partial charge in [0.15, 0.2) is 0 Å². The van der Waals surface area contributed by atoms with Crippen molar-refractivity contribution in [2.75, 3.05) is 9.91 Å². The van der Waals surface area contributed by atoms with Crippen LogP contribution in [0.3, 0.4) is 0 Å². The Labute approximate surface area is 382 Å². The average Bonchev–Trinajstić information content (AvgIpc) is 3.96. The van der Waals surface area contributed by atoms with Crippen molar-refractivity contribution in [2.45, 2.75) is 78.6 Å². The van der Waals surface area contributed by atoms with E-state index >= 15 is 0 Å². The van der Waals surface area contributed by atoms with Crippen LogP contribution < -0.4 is 14.9 Å². The summed E-state index contributed by atoms with van der Waals surface area (Å²) in [6, 6.07) is 58.4. The van der Waals surface area contributed by atoms with Crippen molar-refractivity contribution in [2.24, 2.45) is 5.10 Å². The minimum absolute atomic E-state index is 0. The van der Waals surface area contributed by atoms with Crippen molar-refractivity contribution in [3.63, 3.8) is 0 Å². The third-order valence-corrected chi connectivity index (χ3v) is 11.8. The Bertz CT molecular complexity index is 2940. The molecule has 9 aromatic rings. The summed E-state index contributed by atoms with van der Waals surface area (Å²) in [7, 11) is 0. The van der Waals surface area contributed by atoms with Crippen LogP contribution in [0.25, 0.3) is 49.3 Å². The zero-order chi connectivity index (χ0) is 42.7. The number of anilines is 2. The maximum atomic E-state index is 5.35. The second-order valence-corrected chi connectivity index (χ2v) is 19.4. The topological polar surface area (TPSA) is 37.9 Å². The molecule has 0 amide bonds. The van der Waals surface area contributed by atoms with Gasteiger partial charge in [-0.25, -0.2) is 0 Å². The van der Waals surface area contributed by atoms with Crippen LogP contribution in [0.4, 0.5) is 11.4 Å². The maximum absolute atomic E-state index is 5.35. The fraction of sp³-hybridized carbons (Fsp3) is 0.214. The molecule has 2 aromatic heterocycles. The maximum Gasteiger partial charge on any atom is 0.129 e. The number of para-hydroxylation sites is 4. The second-order valence-electron chi connectivity index (χ2n) is 19.4. The summed E-state index contributed by atoms with van der Waals surface area (Å²) in [5, 5.41) is 12.4. The van der Waals surface area contributed by atoms with Crippen molar-refractivity contribution in [1.29, 1.82) is 0 Å². The first-order valence-corrected chi connectivity index (χ1v) is 21.4. The van der Waals surface area contributed by atoms with Gasteiger partial charge in [0.2, 0.25) is 0 Å². The Morgan fingerprint density at radius 1 is 0.435 bits per heavy atom. The quantitative estimate of drug-likeness (QED) is 0.130. The van der Waals surface area contributed by atoms with Gasteiger partial charge in [0, 0.05) is 55.8 Å². The molecule has 7 aromatic carbocycles. The molecule has 0 saturated carbocycles. The SMILES string of the molecule is CC(C)(C)c1cc(N2[CH-]N(c3cc(C(C)(C)C)cc(C(C)(C)C)c3)C(c3ccccc3)=N2)cc(-n2c3ccccc3c3ccccc32)c1.[Au].c1ccc2c(c1)[n-]c1ccccc12. The molecule has 0 atom stereocenters. The van der Waals surface area contributed by atoms with Gasteiger partial charge >= 0.3 is 0 Å². The third-order valence-electron chi connectivity index (χ3n) is 11.8. The number of hydrogen-bond donors (Lipinski definition) is 0.